The number of hydrogen-bond acceptors (Lipinski definition) is 5. The van der Waals surface area contributed by atoms with E-state index in [1.807, 2.05) is 25.1 Å². The van der Waals surface area contributed by atoms with E-state index < -0.39 is 17.8 Å². The highest BCUT2D eigenvalue weighted by Gasteiger charge is 2.28. The summed E-state index contributed by atoms with van der Waals surface area (Å²) in [7, 11) is 0. The van der Waals surface area contributed by atoms with Gasteiger partial charge in [0.25, 0.3) is 0 Å². The zero-order valence-electron chi connectivity index (χ0n) is 20.1. The van der Waals surface area contributed by atoms with Crippen molar-refractivity contribution < 1.29 is 18.7 Å². The number of benzene rings is 2. The summed E-state index contributed by atoms with van der Waals surface area (Å²) in [5, 5.41) is 3.29. The number of carbonyl (C=O) groups is 2. The Labute approximate surface area is 204 Å². The summed E-state index contributed by atoms with van der Waals surface area (Å²) >= 11 is 0. The van der Waals surface area contributed by atoms with Crippen molar-refractivity contribution in [1.82, 2.24) is 14.8 Å². The summed E-state index contributed by atoms with van der Waals surface area (Å²) in [5.41, 5.74) is 2.09. The van der Waals surface area contributed by atoms with Gasteiger partial charge in [0.1, 0.15) is 11.5 Å². The lowest BCUT2D eigenvalue weighted by molar-refractivity contribution is -0.121. The first-order valence-corrected chi connectivity index (χ1v) is 11.9. The molecular weight excluding hydrogens is 447 g/mol. The van der Waals surface area contributed by atoms with E-state index in [4.69, 9.17) is 4.74 Å². The van der Waals surface area contributed by atoms with Gasteiger partial charge in [0.2, 0.25) is 5.91 Å². The Bertz CT molecular complexity index is 1200. The average Bonchev–Trinajstić information content (AvgIpc) is 3.22. The molecule has 0 spiro atoms. The maximum absolute atomic E-state index is 13.9. The van der Waals surface area contributed by atoms with Crippen LogP contribution < -0.4 is 5.32 Å². The molecule has 0 bridgehead atoms. The molecule has 7 nitrogen and oxygen atoms in total. The third-order valence-electron chi connectivity index (χ3n) is 6.30. The summed E-state index contributed by atoms with van der Waals surface area (Å²) in [6.07, 6.45) is 4.28. The molecule has 0 saturated carbocycles. The molecule has 2 aromatic carbocycles. The van der Waals surface area contributed by atoms with Gasteiger partial charge in [-0.2, -0.15) is 0 Å². The molecule has 4 rings (SSSR count). The number of carbonyl (C=O) groups excluding carboxylic acids is 2. The van der Waals surface area contributed by atoms with Crippen LogP contribution >= 0.6 is 0 Å². The number of hydrogen-bond donors (Lipinski definition) is 2. The van der Waals surface area contributed by atoms with Crippen LogP contribution in [0.4, 0.5) is 10.1 Å². The Kier molecular flexibility index (Phi) is 7.94. The van der Waals surface area contributed by atoms with Gasteiger partial charge in [0.05, 0.1) is 18.3 Å². The van der Waals surface area contributed by atoms with E-state index in [0.717, 1.165) is 32.7 Å². The van der Waals surface area contributed by atoms with Crippen LogP contribution in [0.3, 0.4) is 0 Å². The molecule has 3 aromatic rings. The minimum absolute atomic E-state index is 0.114. The van der Waals surface area contributed by atoms with Crippen LogP contribution in [-0.4, -0.2) is 72.0 Å². The monoisotopic (exact) mass is 478 g/mol. The van der Waals surface area contributed by atoms with Gasteiger partial charge in [0.15, 0.2) is 0 Å². The highest BCUT2D eigenvalue weighted by Crippen LogP contribution is 2.29. The van der Waals surface area contributed by atoms with Crippen molar-refractivity contribution in [2.45, 2.75) is 19.9 Å². The maximum atomic E-state index is 13.9. The predicted octanol–water partition coefficient (Wildman–Crippen LogP) is 4.14. The number of aromatic nitrogens is 1. The van der Waals surface area contributed by atoms with Gasteiger partial charge in [-0.05, 0) is 37.6 Å². The Morgan fingerprint density at radius 3 is 2.60 bits per heavy atom. The van der Waals surface area contributed by atoms with E-state index in [1.54, 1.807) is 6.92 Å². The number of nitrogens with zero attached hydrogens (tertiary/aromatic N) is 2. The number of ether oxygens (including phenoxy) is 1. The number of rotatable bonds is 8. The van der Waals surface area contributed by atoms with Crippen molar-refractivity contribution in [2.75, 3.05) is 44.6 Å². The molecule has 1 saturated heterocycles. The number of fused-ring (bicyclic) bond motifs is 1. The van der Waals surface area contributed by atoms with E-state index in [-0.39, 0.29) is 23.9 Å². The molecule has 1 atom stereocenters. The molecule has 2 heterocycles. The van der Waals surface area contributed by atoms with Crippen LogP contribution in [-0.2, 0) is 9.53 Å². The summed E-state index contributed by atoms with van der Waals surface area (Å²) < 4.78 is 19.0. The second kappa shape index (κ2) is 11.3. The van der Waals surface area contributed by atoms with E-state index in [0.29, 0.717) is 10.9 Å². The fourth-order valence-electron chi connectivity index (χ4n) is 4.28. The molecule has 184 valence electrons. The normalized spacial score (nSPS) is 16.0. The Morgan fingerprint density at radius 1 is 1.14 bits per heavy atom. The smallest absolute Gasteiger partial charge is 0.356 e. The minimum atomic E-state index is -0.593. The standard InChI is InChI=1S/C27H31FN4O3/c1-3-35-27(34)25-24(22-18-21(28)11-12-23(22)29-25)30-26(33)19(2)32-16-14-31(15-17-32)13-7-10-20-8-5-4-6-9-20/h4-12,18-19,29H,3,13-17H2,1-2H3,(H,30,33). The predicted molar refractivity (Wildman–Crippen MR) is 136 cm³/mol. The first kappa shape index (κ1) is 24.6. The number of nitrogens with one attached hydrogen (secondary N) is 2. The lowest BCUT2D eigenvalue weighted by atomic mass is 10.1. The Morgan fingerprint density at radius 2 is 1.89 bits per heavy atom. The van der Waals surface area contributed by atoms with Crippen LogP contribution in [0.2, 0.25) is 0 Å². The van der Waals surface area contributed by atoms with Crippen molar-refractivity contribution >= 4 is 34.5 Å². The van der Waals surface area contributed by atoms with Gasteiger partial charge in [-0.1, -0.05) is 42.5 Å². The highest BCUT2D eigenvalue weighted by molar-refractivity contribution is 6.11. The van der Waals surface area contributed by atoms with Gasteiger partial charge in [-0.25, -0.2) is 9.18 Å². The molecule has 1 unspecified atom stereocenters. The lowest BCUT2D eigenvalue weighted by Crippen LogP contribution is -2.52. The quantitative estimate of drug-likeness (QED) is 0.476. The minimum Gasteiger partial charge on any atom is -0.461 e. The summed E-state index contributed by atoms with van der Waals surface area (Å²) in [6, 6.07) is 13.9. The number of piperazine rings is 1. The first-order chi connectivity index (χ1) is 17.0. The van der Waals surface area contributed by atoms with Crippen LogP contribution in [0.25, 0.3) is 17.0 Å². The molecule has 1 aliphatic heterocycles. The number of H-pyrrole nitrogens is 1. The number of anilines is 1. The Balaban J connectivity index is 1.38. The third-order valence-corrected chi connectivity index (χ3v) is 6.30. The van der Waals surface area contributed by atoms with Crippen molar-refractivity contribution in [2.24, 2.45) is 0 Å². The molecule has 1 aromatic heterocycles. The summed E-state index contributed by atoms with van der Waals surface area (Å²) in [5.74, 6) is -1.30. The van der Waals surface area contributed by atoms with E-state index >= 15 is 0 Å². The number of esters is 1. The van der Waals surface area contributed by atoms with Gasteiger partial charge in [0, 0.05) is 43.6 Å². The third kappa shape index (κ3) is 5.96. The molecule has 1 fully saturated rings. The largest absolute Gasteiger partial charge is 0.461 e. The molecule has 1 aliphatic rings. The molecule has 2 N–H and O–H groups in total. The highest BCUT2D eigenvalue weighted by atomic mass is 19.1. The van der Waals surface area contributed by atoms with Crippen LogP contribution in [0.1, 0.15) is 29.9 Å². The zero-order chi connectivity index (χ0) is 24.8. The fourth-order valence-corrected chi connectivity index (χ4v) is 4.28. The van der Waals surface area contributed by atoms with Crippen LogP contribution in [0, 0.1) is 5.82 Å². The molecule has 35 heavy (non-hydrogen) atoms. The van der Waals surface area contributed by atoms with Gasteiger partial charge >= 0.3 is 5.97 Å². The topological polar surface area (TPSA) is 77.7 Å². The Hall–Kier alpha value is -3.49. The molecular formula is C27H31FN4O3. The fraction of sp³-hybridized carbons (Fsp3) is 0.333. The van der Waals surface area contributed by atoms with Crippen LogP contribution in [0.5, 0.6) is 0 Å². The van der Waals surface area contributed by atoms with E-state index in [1.165, 1.54) is 23.8 Å². The zero-order valence-corrected chi connectivity index (χ0v) is 20.1. The molecule has 0 aliphatic carbocycles. The number of halogens is 1. The van der Waals surface area contributed by atoms with Gasteiger partial charge in [-0.15, -0.1) is 0 Å². The summed E-state index contributed by atoms with van der Waals surface area (Å²) in [4.78, 5) is 33.0. The van der Waals surface area contributed by atoms with E-state index in [9.17, 15) is 14.0 Å². The molecule has 0 radical (unpaired) electrons. The average molecular weight is 479 g/mol. The number of aromatic amines is 1. The van der Waals surface area contributed by atoms with Crippen molar-refractivity contribution in [3.8, 4) is 0 Å². The van der Waals surface area contributed by atoms with Crippen LogP contribution in [0.15, 0.2) is 54.6 Å². The van der Waals surface area contributed by atoms with E-state index in [2.05, 4.69) is 44.4 Å². The second-order valence-corrected chi connectivity index (χ2v) is 8.60. The maximum Gasteiger partial charge on any atom is 0.356 e. The van der Waals surface area contributed by atoms with Gasteiger partial charge < -0.3 is 15.0 Å². The first-order valence-electron chi connectivity index (χ1n) is 11.9. The van der Waals surface area contributed by atoms with Crippen molar-refractivity contribution in [3.63, 3.8) is 0 Å². The second-order valence-electron chi connectivity index (χ2n) is 8.60. The SMILES string of the molecule is CCOC(=O)c1[nH]c2ccc(F)cc2c1NC(=O)C(C)N1CCN(CC=Cc2ccccc2)CC1. The summed E-state index contributed by atoms with van der Waals surface area (Å²) in [6.45, 7) is 7.80. The van der Waals surface area contributed by atoms with Gasteiger partial charge in [-0.3, -0.25) is 14.6 Å². The number of amides is 1. The lowest BCUT2D eigenvalue weighted by Gasteiger charge is -2.37. The molecule has 8 heteroatoms. The molecule has 1 amide bonds. The van der Waals surface area contributed by atoms with Crippen molar-refractivity contribution in [3.05, 3.63) is 71.7 Å². The van der Waals surface area contributed by atoms with Crippen molar-refractivity contribution in [1.29, 1.82) is 0 Å².